The molecule has 0 radical (unpaired) electrons. The monoisotopic (exact) mass is 311 g/mol. The van der Waals surface area contributed by atoms with Crippen LogP contribution in [-0.2, 0) is 6.54 Å². The molecule has 0 fully saturated rings. The van der Waals surface area contributed by atoms with Crippen molar-refractivity contribution < 1.29 is 18.3 Å². The maximum atomic E-state index is 13.5. The van der Waals surface area contributed by atoms with Crippen molar-refractivity contribution in [2.24, 2.45) is 0 Å². The predicted octanol–water partition coefficient (Wildman–Crippen LogP) is 2.54. The number of nitrogens with one attached hydrogen (secondary N) is 1. The van der Waals surface area contributed by atoms with Crippen molar-refractivity contribution in [1.29, 1.82) is 0 Å². The van der Waals surface area contributed by atoms with Gasteiger partial charge in [0, 0.05) is 31.8 Å². The molecular formula is C15H16F3N3O. The van der Waals surface area contributed by atoms with Crippen LogP contribution in [0.4, 0.5) is 24.7 Å². The van der Waals surface area contributed by atoms with Crippen LogP contribution in [0, 0.1) is 17.5 Å². The van der Waals surface area contributed by atoms with Crippen molar-refractivity contribution in [2.45, 2.75) is 6.54 Å². The summed E-state index contributed by atoms with van der Waals surface area (Å²) in [5, 5.41) is 11.7. The number of hydrogen-bond acceptors (Lipinski definition) is 4. The highest BCUT2D eigenvalue weighted by Gasteiger charge is 2.09. The second-order valence-electron chi connectivity index (χ2n) is 4.76. The highest BCUT2D eigenvalue weighted by atomic mass is 19.2. The molecule has 0 unspecified atom stereocenters. The summed E-state index contributed by atoms with van der Waals surface area (Å²) < 4.78 is 39.4. The Balaban J connectivity index is 2.01. The summed E-state index contributed by atoms with van der Waals surface area (Å²) >= 11 is 0. The Morgan fingerprint density at radius 3 is 2.50 bits per heavy atom. The van der Waals surface area contributed by atoms with Gasteiger partial charge in [0.25, 0.3) is 0 Å². The van der Waals surface area contributed by atoms with E-state index in [2.05, 4.69) is 10.3 Å². The van der Waals surface area contributed by atoms with Crippen LogP contribution in [0.1, 0.15) is 5.56 Å². The highest BCUT2D eigenvalue weighted by molar-refractivity contribution is 5.49. The molecule has 2 aromatic rings. The number of aromatic nitrogens is 1. The van der Waals surface area contributed by atoms with Gasteiger partial charge in [-0.15, -0.1) is 0 Å². The van der Waals surface area contributed by atoms with Crippen molar-refractivity contribution in [1.82, 2.24) is 4.98 Å². The fraction of sp³-hybridized carbons (Fsp3) is 0.267. The number of aliphatic hydroxyl groups excluding tert-OH is 1. The zero-order valence-electron chi connectivity index (χ0n) is 12.0. The molecule has 0 aliphatic carbocycles. The zero-order valence-corrected chi connectivity index (χ0v) is 12.0. The first-order valence-electron chi connectivity index (χ1n) is 6.66. The number of benzene rings is 1. The van der Waals surface area contributed by atoms with Gasteiger partial charge < -0.3 is 15.3 Å². The van der Waals surface area contributed by atoms with Crippen LogP contribution >= 0.6 is 0 Å². The molecule has 0 aliphatic heterocycles. The fourth-order valence-corrected chi connectivity index (χ4v) is 1.88. The standard InChI is InChI=1S/C15H16F3N3O/c1-21(4-5-22)11-2-3-15(20-9-11)19-8-10-6-13(17)14(18)7-12(10)16/h2-3,6-7,9,22H,4-5,8H2,1H3,(H,19,20). The van der Waals surface area contributed by atoms with Crippen LogP contribution in [0.15, 0.2) is 30.5 Å². The van der Waals surface area contributed by atoms with E-state index < -0.39 is 17.5 Å². The van der Waals surface area contributed by atoms with Gasteiger partial charge in [0.2, 0.25) is 0 Å². The molecular weight excluding hydrogens is 295 g/mol. The Labute approximate surface area is 126 Å². The third kappa shape index (κ3) is 3.88. The first kappa shape index (κ1) is 16.1. The van der Waals surface area contributed by atoms with E-state index in [1.54, 1.807) is 18.3 Å². The van der Waals surface area contributed by atoms with E-state index in [1.165, 1.54) is 0 Å². The number of anilines is 2. The molecule has 1 heterocycles. The van der Waals surface area contributed by atoms with Crippen LogP contribution in [0.5, 0.6) is 0 Å². The quantitative estimate of drug-likeness (QED) is 0.805. The minimum Gasteiger partial charge on any atom is -0.395 e. The minimum absolute atomic E-state index is 0.0120. The maximum absolute atomic E-state index is 13.5. The normalized spacial score (nSPS) is 10.6. The third-order valence-electron chi connectivity index (χ3n) is 3.17. The lowest BCUT2D eigenvalue weighted by atomic mass is 10.2. The second-order valence-corrected chi connectivity index (χ2v) is 4.76. The van der Waals surface area contributed by atoms with Gasteiger partial charge in [0.15, 0.2) is 11.6 Å². The van der Waals surface area contributed by atoms with Gasteiger partial charge in [-0.2, -0.15) is 0 Å². The molecule has 0 aliphatic rings. The molecule has 0 atom stereocenters. The summed E-state index contributed by atoms with van der Waals surface area (Å²) in [4.78, 5) is 5.97. The van der Waals surface area contributed by atoms with Crippen molar-refractivity contribution in [3.8, 4) is 0 Å². The van der Waals surface area contributed by atoms with Crippen LogP contribution in [0.2, 0.25) is 0 Å². The number of aliphatic hydroxyl groups is 1. The van der Waals surface area contributed by atoms with Gasteiger partial charge in [-0.1, -0.05) is 0 Å². The van der Waals surface area contributed by atoms with E-state index in [0.717, 1.165) is 11.8 Å². The Kier molecular flexibility index (Phi) is 5.21. The van der Waals surface area contributed by atoms with Crippen LogP contribution in [-0.4, -0.2) is 30.3 Å². The van der Waals surface area contributed by atoms with E-state index >= 15 is 0 Å². The summed E-state index contributed by atoms with van der Waals surface area (Å²) in [6.45, 7) is 0.502. The molecule has 0 spiro atoms. The van der Waals surface area contributed by atoms with Gasteiger partial charge in [-0.3, -0.25) is 0 Å². The molecule has 0 saturated heterocycles. The lowest BCUT2D eigenvalue weighted by molar-refractivity contribution is 0.304. The van der Waals surface area contributed by atoms with Crippen molar-refractivity contribution >= 4 is 11.5 Å². The Morgan fingerprint density at radius 2 is 1.86 bits per heavy atom. The summed E-state index contributed by atoms with van der Waals surface area (Å²) in [6, 6.07) is 4.81. The van der Waals surface area contributed by atoms with Crippen molar-refractivity contribution in [3.63, 3.8) is 0 Å². The summed E-state index contributed by atoms with van der Waals surface area (Å²) in [6.07, 6.45) is 1.60. The zero-order chi connectivity index (χ0) is 16.1. The molecule has 4 nitrogen and oxygen atoms in total. The number of rotatable bonds is 6. The summed E-state index contributed by atoms with van der Waals surface area (Å²) in [5.41, 5.74) is 0.834. The molecule has 2 rings (SSSR count). The lowest BCUT2D eigenvalue weighted by Crippen LogP contribution is -2.21. The average Bonchev–Trinajstić information content (AvgIpc) is 2.50. The first-order chi connectivity index (χ1) is 10.5. The van der Waals surface area contributed by atoms with Crippen LogP contribution in [0.3, 0.4) is 0 Å². The molecule has 22 heavy (non-hydrogen) atoms. The van der Waals surface area contributed by atoms with Gasteiger partial charge in [0.1, 0.15) is 11.6 Å². The van der Waals surface area contributed by atoms with E-state index in [0.29, 0.717) is 18.4 Å². The first-order valence-corrected chi connectivity index (χ1v) is 6.66. The van der Waals surface area contributed by atoms with E-state index in [4.69, 9.17) is 5.11 Å². The third-order valence-corrected chi connectivity index (χ3v) is 3.17. The Morgan fingerprint density at radius 1 is 1.14 bits per heavy atom. The Bertz CT molecular complexity index is 635. The van der Waals surface area contributed by atoms with Gasteiger partial charge in [-0.25, -0.2) is 18.2 Å². The molecule has 0 amide bonds. The van der Waals surface area contributed by atoms with Crippen molar-refractivity contribution in [2.75, 3.05) is 30.4 Å². The second kappa shape index (κ2) is 7.13. The predicted molar refractivity (Wildman–Crippen MR) is 78.2 cm³/mol. The molecule has 118 valence electrons. The topological polar surface area (TPSA) is 48.4 Å². The number of hydrogen-bond donors (Lipinski definition) is 2. The van der Waals surface area contributed by atoms with Gasteiger partial charge in [0.05, 0.1) is 18.5 Å². The Hall–Kier alpha value is -2.28. The van der Waals surface area contributed by atoms with Crippen molar-refractivity contribution in [3.05, 3.63) is 53.5 Å². The van der Waals surface area contributed by atoms with Crippen LogP contribution in [0.25, 0.3) is 0 Å². The molecule has 7 heteroatoms. The number of likely N-dealkylation sites (N-methyl/N-ethyl adjacent to an activating group) is 1. The minimum atomic E-state index is -1.21. The SMILES string of the molecule is CN(CCO)c1ccc(NCc2cc(F)c(F)cc2F)nc1. The number of nitrogens with zero attached hydrogens (tertiary/aromatic N) is 2. The van der Waals surface area contributed by atoms with E-state index in [-0.39, 0.29) is 18.7 Å². The fourth-order valence-electron chi connectivity index (χ4n) is 1.88. The summed E-state index contributed by atoms with van der Waals surface area (Å²) in [5.74, 6) is -2.64. The van der Waals surface area contributed by atoms with Gasteiger partial charge >= 0.3 is 0 Å². The summed E-state index contributed by atoms with van der Waals surface area (Å²) in [7, 11) is 1.82. The molecule has 0 saturated carbocycles. The lowest BCUT2D eigenvalue weighted by Gasteiger charge is -2.17. The van der Waals surface area contributed by atoms with Crippen LogP contribution < -0.4 is 10.2 Å². The number of pyridine rings is 1. The maximum Gasteiger partial charge on any atom is 0.161 e. The van der Waals surface area contributed by atoms with E-state index in [9.17, 15) is 13.2 Å². The molecule has 2 N–H and O–H groups in total. The van der Waals surface area contributed by atoms with Gasteiger partial charge in [-0.05, 0) is 18.2 Å². The largest absolute Gasteiger partial charge is 0.395 e. The average molecular weight is 311 g/mol. The highest BCUT2D eigenvalue weighted by Crippen LogP contribution is 2.17. The molecule has 0 bridgehead atoms. The smallest absolute Gasteiger partial charge is 0.161 e. The molecule has 1 aromatic carbocycles. The molecule has 1 aromatic heterocycles. The van der Waals surface area contributed by atoms with E-state index in [1.807, 2.05) is 11.9 Å². The number of halogens is 3.